The number of benzene rings is 2. The summed E-state index contributed by atoms with van der Waals surface area (Å²) in [5, 5.41) is 3.00. The lowest BCUT2D eigenvalue weighted by Crippen LogP contribution is -2.32. The number of para-hydroxylation sites is 1. The second kappa shape index (κ2) is 8.75. The molecule has 3 rings (SSSR count). The number of hydrogen-bond donors (Lipinski definition) is 1. The Kier molecular flexibility index (Phi) is 6.16. The van der Waals surface area contributed by atoms with Gasteiger partial charge >= 0.3 is 0 Å². The quantitative estimate of drug-likeness (QED) is 0.838. The monoisotopic (exact) mass is 351 g/mol. The van der Waals surface area contributed by atoms with Gasteiger partial charge in [0.05, 0.1) is 0 Å². The Morgan fingerprint density at radius 1 is 1.08 bits per heavy atom. The highest BCUT2D eigenvalue weighted by atomic mass is 16.1. The number of rotatable bonds is 6. The summed E-state index contributed by atoms with van der Waals surface area (Å²) >= 11 is 0. The number of amides is 1. The number of carbonyl (C=O) groups is 1. The first-order valence-corrected chi connectivity index (χ1v) is 9.53. The summed E-state index contributed by atoms with van der Waals surface area (Å²) in [7, 11) is 2.01. The standard InChI is InChI=1S/C22H29N3O/c1-18-12-16-25(17-13-18)21-10-8-19(9-11-21)23-22(26)14-15-24(2)20-6-4-3-5-7-20/h3-11,18H,12-17H2,1-2H3,(H,23,26). The van der Waals surface area contributed by atoms with Crippen LogP contribution in [0.4, 0.5) is 17.1 Å². The van der Waals surface area contributed by atoms with E-state index in [-0.39, 0.29) is 5.91 Å². The number of anilines is 3. The van der Waals surface area contributed by atoms with E-state index < -0.39 is 0 Å². The summed E-state index contributed by atoms with van der Waals surface area (Å²) < 4.78 is 0. The van der Waals surface area contributed by atoms with Gasteiger partial charge in [0.2, 0.25) is 5.91 Å². The van der Waals surface area contributed by atoms with Crippen molar-refractivity contribution in [2.24, 2.45) is 5.92 Å². The maximum absolute atomic E-state index is 12.2. The summed E-state index contributed by atoms with van der Waals surface area (Å²) in [4.78, 5) is 16.8. The third-order valence-electron chi connectivity index (χ3n) is 5.17. The zero-order valence-electron chi connectivity index (χ0n) is 15.8. The molecule has 1 N–H and O–H groups in total. The van der Waals surface area contributed by atoms with Gasteiger partial charge in [-0.1, -0.05) is 25.1 Å². The Bertz CT molecular complexity index is 691. The zero-order chi connectivity index (χ0) is 18.4. The molecule has 1 amide bonds. The minimum atomic E-state index is 0.0485. The van der Waals surface area contributed by atoms with Crippen molar-refractivity contribution in [3.05, 3.63) is 54.6 Å². The Morgan fingerprint density at radius 2 is 1.73 bits per heavy atom. The Balaban J connectivity index is 1.47. The highest BCUT2D eigenvalue weighted by Crippen LogP contribution is 2.24. The topological polar surface area (TPSA) is 35.6 Å². The highest BCUT2D eigenvalue weighted by molar-refractivity contribution is 5.91. The fourth-order valence-electron chi connectivity index (χ4n) is 3.33. The molecule has 2 aromatic rings. The van der Waals surface area contributed by atoms with Crippen molar-refractivity contribution in [2.45, 2.75) is 26.2 Å². The van der Waals surface area contributed by atoms with E-state index in [0.717, 1.165) is 30.4 Å². The maximum atomic E-state index is 12.2. The van der Waals surface area contributed by atoms with E-state index in [1.54, 1.807) is 0 Å². The van der Waals surface area contributed by atoms with Gasteiger partial charge in [0.15, 0.2) is 0 Å². The normalized spacial score (nSPS) is 14.9. The van der Waals surface area contributed by atoms with E-state index in [2.05, 4.69) is 46.3 Å². The molecule has 0 atom stereocenters. The molecule has 1 fully saturated rings. The van der Waals surface area contributed by atoms with Crippen molar-refractivity contribution in [2.75, 3.05) is 41.8 Å². The van der Waals surface area contributed by atoms with Crippen molar-refractivity contribution in [3.8, 4) is 0 Å². The SMILES string of the molecule is CC1CCN(c2ccc(NC(=O)CCN(C)c3ccccc3)cc2)CC1. The van der Waals surface area contributed by atoms with Crippen LogP contribution in [0.3, 0.4) is 0 Å². The fourth-order valence-corrected chi connectivity index (χ4v) is 3.33. The second-order valence-electron chi connectivity index (χ2n) is 7.27. The van der Waals surface area contributed by atoms with Crippen molar-refractivity contribution in [1.29, 1.82) is 0 Å². The van der Waals surface area contributed by atoms with Crippen LogP contribution in [-0.2, 0) is 4.79 Å². The van der Waals surface area contributed by atoms with Crippen LogP contribution in [0.15, 0.2) is 54.6 Å². The van der Waals surface area contributed by atoms with Gasteiger partial charge in [-0.05, 0) is 55.2 Å². The molecular weight excluding hydrogens is 322 g/mol. The average molecular weight is 351 g/mol. The molecule has 0 unspecified atom stereocenters. The second-order valence-corrected chi connectivity index (χ2v) is 7.27. The molecule has 1 saturated heterocycles. The van der Waals surface area contributed by atoms with Gasteiger partial charge in [0.25, 0.3) is 0 Å². The van der Waals surface area contributed by atoms with E-state index in [0.29, 0.717) is 13.0 Å². The van der Waals surface area contributed by atoms with E-state index in [9.17, 15) is 4.79 Å². The predicted octanol–water partition coefficient (Wildman–Crippen LogP) is 4.39. The number of nitrogens with one attached hydrogen (secondary N) is 1. The Hall–Kier alpha value is -2.49. The van der Waals surface area contributed by atoms with E-state index >= 15 is 0 Å². The predicted molar refractivity (Wildman–Crippen MR) is 110 cm³/mol. The first kappa shape index (κ1) is 18.3. The highest BCUT2D eigenvalue weighted by Gasteiger charge is 2.16. The molecule has 26 heavy (non-hydrogen) atoms. The largest absolute Gasteiger partial charge is 0.374 e. The van der Waals surface area contributed by atoms with Crippen LogP contribution in [0.2, 0.25) is 0 Å². The molecular formula is C22H29N3O. The van der Waals surface area contributed by atoms with Gasteiger partial charge < -0.3 is 15.1 Å². The van der Waals surface area contributed by atoms with Gasteiger partial charge in [0, 0.05) is 50.2 Å². The molecule has 4 nitrogen and oxygen atoms in total. The van der Waals surface area contributed by atoms with Crippen molar-refractivity contribution < 1.29 is 4.79 Å². The van der Waals surface area contributed by atoms with Gasteiger partial charge in [-0.3, -0.25) is 4.79 Å². The first-order chi connectivity index (χ1) is 12.6. The Morgan fingerprint density at radius 3 is 2.38 bits per heavy atom. The minimum absolute atomic E-state index is 0.0485. The van der Waals surface area contributed by atoms with Gasteiger partial charge in [-0.25, -0.2) is 0 Å². The molecule has 0 saturated carbocycles. The lowest BCUT2D eigenvalue weighted by atomic mass is 9.99. The molecule has 0 bridgehead atoms. The van der Waals surface area contributed by atoms with Gasteiger partial charge in [-0.2, -0.15) is 0 Å². The maximum Gasteiger partial charge on any atom is 0.226 e. The summed E-state index contributed by atoms with van der Waals surface area (Å²) in [6.07, 6.45) is 2.98. The molecule has 4 heteroatoms. The van der Waals surface area contributed by atoms with Crippen molar-refractivity contribution in [1.82, 2.24) is 0 Å². The van der Waals surface area contributed by atoms with Crippen LogP contribution in [-0.4, -0.2) is 32.6 Å². The molecule has 0 aliphatic carbocycles. The third kappa shape index (κ3) is 5.01. The number of piperidine rings is 1. The third-order valence-corrected chi connectivity index (χ3v) is 5.17. The van der Waals surface area contributed by atoms with Crippen molar-refractivity contribution in [3.63, 3.8) is 0 Å². The molecule has 0 radical (unpaired) electrons. The molecule has 0 aromatic heterocycles. The van der Waals surface area contributed by atoms with Crippen molar-refractivity contribution >= 4 is 23.0 Å². The van der Waals surface area contributed by atoms with Crippen LogP contribution in [0.5, 0.6) is 0 Å². The summed E-state index contributed by atoms with van der Waals surface area (Å²) in [6, 6.07) is 18.4. The van der Waals surface area contributed by atoms with Crippen LogP contribution >= 0.6 is 0 Å². The summed E-state index contributed by atoms with van der Waals surface area (Å²) in [5.74, 6) is 0.881. The number of carbonyl (C=O) groups excluding carboxylic acids is 1. The van der Waals surface area contributed by atoms with Gasteiger partial charge in [-0.15, -0.1) is 0 Å². The van der Waals surface area contributed by atoms with E-state index in [1.807, 2.05) is 37.4 Å². The first-order valence-electron chi connectivity index (χ1n) is 9.53. The van der Waals surface area contributed by atoms with E-state index in [1.165, 1.54) is 18.5 Å². The lowest BCUT2D eigenvalue weighted by molar-refractivity contribution is -0.116. The van der Waals surface area contributed by atoms with E-state index in [4.69, 9.17) is 0 Å². The molecule has 1 heterocycles. The number of hydrogen-bond acceptors (Lipinski definition) is 3. The smallest absolute Gasteiger partial charge is 0.226 e. The molecule has 0 spiro atoms. The summed E-state index contributed by atoms with van der Waals surface area (Å²) in [6.45, 7) is 5.27. The molecule has 1 aliphatic rings. The fraction of sp³-hybridized carbons (Fsp3) is 0.409. The molecule has 2 aromatic carbocycles. The van der Waals surface area contributed by atoms with Crippen LogP contribution in [0.25, 0.3) is 0 Å². The van der Waals surface area contributed by atoms with Crippen LogP contribution in [0.1, 0.15) is 26.2 Å². The number of nitrogens with zero attached hydrogens (tertiary/aromatic N) is 2. The summed E-state index contributed by atoms with van der Waals surface area (Å²) in [5.41, 5.74) is 3.24. The van der Waals surface area contributed by atoms with Crippen LogP contribution < -0.4 is 15.1 Å². The lowest BCUT2D eigenvalue weighted by Gasteiger charge is -2.32. The van der Waals surface area contributed by atoms with Gasteiger partial charge in [0.1, 0.15) is 0 Å². The minimum Gasteiger partial charge on any atom is -0.374 e. The molecule has 1 aliphatic heterocycles. The zero-order valence-corrected chi connectivity index (χ0v) is 15.8. The Labute approximate surface area is 156 Å². The van der Waals surface area contributed by atoms with Crippen LogP contribution in [0, 0.1) is 5.92 Å². The average Bonchev–Trinajstić information content (AvgIpc) is 2.68. The molecule has 138 valence electrons.